The van der Waals surface area contributed by atoms with Crippen molar-refractivity contribution in [3.8, 4) is 0 Å². The number of nitrogens with zero attached hydrogens (tertiary/aromatic N) is 1. The number of amides is 3. The zero-order valence-electron chi connectivity index (χ0n) is 16.2. The van der Waals surface area contributed by atoms with Gasteiger partial charge in [-0.2, -0.15) is 0 Å². The number of anilines is 2. The molecule has 0 unspecified atom stereocenters. The number of carboxylic acid groups (broad SMARTS) is 1. The quantitative estimate of drug-likeness (QED) is 0.628. The molecular formula is C22H18ClN3O5. The van der Waals surface area contributed by atoms with Crippen molar-refractivity contribution in [2.24, 2.45) is 11.8 Å². The lowest BCUT2D eigenvalue weighted by Gasteiger charge is -2.29. The van der Waals surface area contributed by atoms with Crippen LogP contribution in [0.1, 0.15) is 18.4 Å². The van der Waals surface area contributed by atoms with Gasteiger partial charge in [0.25, 0.3) is 0 Å². The van der Waals surface area contributed by atoms with Crippen LogP contribution in [0.15, 0.2) is 48.5 Å². The van der Waals surface area contributed by atoms with Crippen molar-refractivity contribution in [3.63, 3.8) is 0 Å². The van der Waals surface area contributed by atoms with Crippen LogP contribution in [0.25, 0.3) is 0 Å². The van der Waals surface area contributed by atoms with Gasteiger partial charge in [0.1, 0.15) is 5.54 Å². The number of carboxylic acids is 1. The Bertz CT molecular complexity index is 1130. The van der Waals surface area contributed by atoms with Gasteiger partial charge in [0.15, 0.2) is 0 Å². The maximum Gasteiger partial charge on any atom is 0.303 e. The van der Waals surface area contributed by atoms with Gasteiger partial charge in [0.05, 0.1) is 17.5 Å². The van der Waals surface area contributed by atoms with E-state index >= 15 is 0 Å². The molecule has 31 heavy (non-hydrogen) atoms. The summed E-state index contributed by atoms with van der Waals surface area (Å²) in [5, 5.41) is 15.7. The van der Waals surface area contributed by atoms with Crippen LogP contribution in [-0.4, -0.2) is 34.8 Å². The lowest BCUT2D eigenvalue weighted by molar-refractivity contribution is -0.137. The monoisotopic (exact) mass is 439 g/mol. The third kappa shape index (κ3) is 2.72. The molecule has 9 heteroatoms. The Morgan fingerprint density at radius 2 is 1.77 bits per heavy atom. The normalized spacial score (nSPS) is 28.7. The van der Waals surface area contributed by atoms with E-state index in [1.807, 2.05) is 0 Å². The van der Waals surface area contributed by atoms with E-state index < -0.39 is 47.1 Å². The summed E-state index contributed by atoms with van der Waals surface area (Å²) in [6, 6.07) is 12.7. The van der Waals surface area contributed by atoms with Crippen LogP contribution in [0.2, 0.25) is 5.02 Å². The first-order chi connectivity index (χ1) is 14.8. The number of imide groups is 1. The molecule has 158 valence electrons. The molecule has 2 fully saturated rings. The maximum absolute atomic E-state index is 13.6. The molecule has 3 aliphatic heterocycles. The van der Waals surface area contributed by atoms with Gasteiger partial charge in [0.2, 0.25) is 17.7 Å². The summed E-state index contributed by atoms with van der Waals surface area (Å²) in [5.41, 5.74) is 0.0978. The topological polar surface area (TPSA) is 116 Å². The van der Waals surface area contributed by atoms with Crippen molar-refractivity contribution in [2.45, 2.75) is 24.4 Å². The number of aliphatic carboxylic acids is 1. The first kappa shape index (κ1) is 19.7. The molecule has 3 aliphatic rings. The summed E-state index contributed by atoms with van der Waals surface area (Å²) in [7, 11) is 0. The average Bonchev–Trinajstić information content (AvgIpc) is 3.32. The van der Waals surface area contributed by atoms with Gasteiger partial charge in [-0.25, -0.2) is 4.90 Å². The average molecular weight is 440 g/mol. The van der Waals surface area contributed by atoms with Crippen LogP contribution < -0.4 is 15.5 Å². The van der Waals surface area contributed by atoms with Gasteiger partial charge < -0.3 is 10.4 Å². The maximum atomic E-state index is 13.6. The van der Waals surface area contributed by atoms with Gasteiger partial charge in [-0.15, -0.1) is 0 Å². The standard InChI is InChI=1S/C22H18ClN3O5/c23-11-5-7-12(8-6-11)26-19(29)17-15(9-10-16(27)28)25-22(18(17)20(26)30)13-3-1-2-4-14(13)24-21(22)31/h1-8,15,17-18,25H,9-10H2,(H,24,31)(H,27,28)/t15-,17+,18+,22-/m0/s1. The number of fused-ring (bicyclic) bond motifs is 4. The molecule has 3 heterocycles. The second kappa shape index (κ2) is 6.90. The van der Waals surface area contributed by atoms with Crippen molar-refractivity contribution in [1.29, 1.82) is 0 Å². The molecular weight excluding hydrogens is 422 g/mol. The van der Waals surface area contributed by atoms with Gasteiger partial charge in [-0.05, 0) is 36.8 Å². The lowest BCUT2D eigenvalue weighted by atomic mass is 9.76. The minimum Gasteiger partial charge on any atom is -0.481 e. The Hall–Kier alpha value is -3.23. The number of hydrogen-bond donors (Lipinski definition) is 3. The predicted octanol–water partition coefficient (Wildman–Crippen LogP) is 2.13. The fourth-order valence-electron chi connectivity index (χ4n) is 5.13. The van der Waals surface area contributed by atoms with Crippen LogP contribution in [0.3, 0.4) is 0 Å². The molecule has 0 radical (unpaired) electrons. The van der Waals surface area contributed by atoms with Crippen LogP contribution in [0, 0.1) is 11.8 Å². The van der Waals surface area contributed by atoms with Crippen LogP contribution in [-0.2, 0) is 24.7 Å². The Morgan fingerprint density at radius 1 is 1.06 bits per heavy atom. The summed E-state index contributed by atoms with van der Waals surface area (Å²) >= 11 is 5.95. The number of carbonyl (C=O) groups is 4. The molecule has 2 aromatic carbocycles. The Morgan fingerprint density at radius 3 is 2.48 bits per heavy atom. The highest BCUT2D eigenvalue weighted by Gasteiger charge is 2.70. The Balaban J connectivity index is 1.64. The molecule has 0 bridgehead atoms. The fourth-order valence-corrected chi connectivity index (χ4v) is 5.26. The predicted molar refractivity (Wildman–Crippen MR) is 111 cm³/mol. The van der Waals surface area contributed by atoms with Gasteiger partial charge in [-0.3, -0.25) is 24.5 Å². The van der Waals surface area contributed by atoms with Crippen molar-refractivity contribution < 1.29 is 24.3 Å². The zero-order valence-corrected chi connectivity index (χ0v) is 16.9. The SMILES string of the molecule is O=C(O)CC[C@@H]1N[C@]2(C(=O)Nc3ccccc32)[C@H]2C(=O)N(c3ccc(Cl)cc3)C(=O)[C@H]12. The molecule has 0 saturated carbocycles. The molecule has 3 N–H and O–H groups in total. The molecule has 4 atom stereocenters. The lowest BCUT2D eigenvalue weighted by Crippen LogP contribution is -2.53. The van der Waals surface area contributed by atoms with E-state index in [0.29, 0.717) is 22.0 Å². The third-order valence-corrected chi connectivity index (χ3v) is 6.63. The van der Waals surface area contributed by atoms with E-state index in [2.05, 4.69) is 10.6 Å². The second-order valence-corrected chi connectivity index (χ2v) is 8.42. The Kier molecular flexibility index (Phi) is 4.39. The van der Waals surface area contributed by atoms with Crippen LogP contribution >= 0.6 is 11.6 Å². The highest BCUT2D eigenvalue weighted by Crippen LogP contribution is 2.54. The molecule has 1 spiro atoms. The van der Waals surface area contributed by atoms with Gasteiger partial charge in [0, 0.05) is 28.7 Å². The first-order valence-corrected chi connectivity index (χ1v) is 10.3. The number of halogens is 1. The van der Waals surface area contributed by atoms with E-state index in [1.54, 1.807) is 48.5 Å². The largest absolute Gasteiger partial charge is 0.481 e. The fraction of sp³-hybridized carbons (Fsp3) is 0.273. The van der Waals surface area contributed by atoms with E-state index in [-0.39, 0.29) is 12.8 Å². The van der Waals surface area contributed by atoms with Crippen molar-refractivity contribution in [1.82, 2.24) is 5.32 Å². The van der Waals surface area contributed by atoms with Crippen molar-refractivity contribution >= 4 is 46.7 Å². The molecule has 0 aliphatic carbocycles. The van der Waals surface area contributed by atoms with Crippen molar-refractivity contribution in [2.75, 3.05) is 10.2 Å². The van der Waals surface area contributed by atoms with E-state index in [0.717, 1.165) is 4.90 Å². The van der Waals surface area contributed by atoms with Gasteiger partial charge >= 0.3 is 5.97 Å². The van der Waals surface area contributed by atoms with E-state index in [1.165, 1.54) is 0 Å². The summed E-state index contributed by atoms with van der Waals surface area (Å²) < 4.78 is 0. The minimum atomic E-state index is -1.43. The number of hydrogen-bond acceptors (Lipinski definition) is 5. The van der Waals surface area contributed by atoms with E-state index in [4.69, 9.17) is 11.6 Å². The van der Waals surface area contributed by atoms with Crippen LogP contribution in [0.5, 0.6) is 0 Å². The molecule has 2 saturated heterocycles. The highest BCUT2D eigenvalue weighted by molar-refractivity contribution is 6.31. The van der Waals surface area contributed by atoms with Gasteiger partial charge in [-0.1, -0.05) is 29.8 Å². The molecule has 5 rings (SSSR count). The highest BCUT2D eigenvalue weighted by atomic mass is 35.5. The first-order valence-electron chi connectivity index (χ1n) is 9.88. The number of rotatable bonds is 4. The third-order valence-electron chi connectivity index (χ3n) is 6.38. The zero-order chi connectivity index (χ0) is 21.9. The number of para-hydroxylation sites is 1. The second-order valence-electron chi connectivity index (χ2n) is 7.98. The molecule has 3 amide bonds. The Labute approximate surface area is 182 Å². The summed E-state index contributed by atoms with van der Waals surface area (Å²) in [6.07, 6.45) is -0.0795. The number of nitrogens with one attached hydrogen (secondary N) is 2. The van der Waals surface area contributed by atoms with Crippen LogP contribution in [0.4, 0.5) is 11.4 Å². The molecule has 8 nitrogen and oxygen atoms in total. The minimum absolute atomic E-state index is 0.112. The smallest absolute Gasteiger partial charge is 0.303 e. The molecule has 2 aromatic rings. The number of benzene rings is 2. The number of carbonyl (C=O) groups excluding carboxylic acids is 3. The summed E-state index contributed by atoms with van der Waals surface area (Å²) in [6.45, 7) is 0. The summed E-state index contributed by atoms with van der Waals surface area (Å²) in [4.78, 5) is 52.6. The summed E-state index contributed by atoms with van der Waals surface area (Å²) in [5.74, 6) is -4.22. The molecule has 0 aromatic heterocycles. The van der Waals surface area contributed by atoms with Crippen molar-refractivity contribution in [3.05, 3.63) is 59.1 Å². The van der Waals surface area contributed by atoms with E-state index in [9.17, 15) is 24.3 Å².